The second-order valence-electron chi connectivity index (χ2n) is 5.28. The van der Waals surface area contributed by atoms with Gasteiger partial charge in [-0.05, 0) is 32.6 Å². The fraction of sp³-hybridized carbons (Fsp3) is 0.923. The lowest BCUT2D eigenvalue weighted by atomic mass is 9.91. The molecule has 4 atom stereocenters. The third kappa shape index (κ3) is 2.09. The van der Waals surface area contributed by atoms with E-state index in [2.05, 4.69) is 0 Å². The van der Waals surface area contributed by atoms with E-state index in [4.69, 9.17) is 9.05 Å². The van der Waals surface area contributed by atoms with E-state index in [1.54, 1.807) is 20.8 Å². The molecule has 0 heterocycles. The number of ketones is 1. The van der Waals surface area contributed by atoms with Gasteiger partial charge < -0.3 is 9.05 Å². The third-order valence-electron chi connectivity index (χ3n) is 4.54. The minimum absolute atomic E-state index is 0.00716. The predicted octanol–water partition coefficient (Wildman–Crippen LogP) is 3.50. The first-order chi connectivity index (χ1) is 8.26. The Morgan fingerprint density at radius 3 is 1.89 bits per heavy atom. The van der Waals surface area contributed by atoms with E-state index >= 15 is 0 Å². The summed E-state index contributed by atoms with van der Waals surface area (Å²) in [6, 6.07) is 0. The van der Waals surface area contributed by atoms with E-state index in [-0.39, 0.29) is 36.8 Å². The molecule has 0 saturated heterocycles. The Balaban J connectivity index is 3.25. The van der Waals surface area contributed by atoms with Crippen molar-refractivity contribution in [2.24, 2.45) is 17.8 Å². The highest BCUT2D eigenvalue weighted by Crippen LogP contribution is 2.68. The number of hydrogen-bond donors (Lipinski definition) is 0. The highest BCUT2D eigenvalue weighted by molar-refractivity contribution is 7.56. The first-order valence-corrected chi connectivity index (χ1v) is 8.24. The number of hydrogen-bond acceptors (Lipinski definition) is 4. The van der Waals surface area contributed by atoms with Crippen molar-refractivity contribution in [3.8, 4) is 0 Å². The molecule has 106 valence electrons. The summed E-state index contributed by atoms with van der Waals surface area (Å²) in [6.45, 7) is 11.8. The van der Waals surface area contributed by atoms with Crippen LogP contribution in [0, 0.1) is 17.8 Å². The summed E-state index contributed by atoms with van der Waals surface area (Å²) in [5.74, 6) is 0.0904. The maximum atomic E-state index is 13.0. The molecule has 0 spiro atoms. The zero-order valence-electron chi connectivity index (χ0n) is 12.2. The molecule has 0 aromatic carbocycles. The van der Waals surface area contributed by atoms with Gasteiger partial charge in [0.2, 0.25) is 0 Å². The standard InChI is InChI=1S/C13H25O4P/c1-7-16-18(15,17-8-2)13(6)11(5)9(3)10(4)12(13)14/h9-11H,7-8H2,1-6H3/t9-,10?,11+,13+/m1/s1. The van der Waals surface area contributed by atoms with Gasteiger partial charge >= 0.3 is 7.60 Å². The van der Waals surface area contributed by atoms with Crippen LogP contribution in [-0.4, -0.2) is 24.2 Å². The summed E-state index contributed by atoms with van der Waals surface area (Å²) in [7, 11) is -3.42. The van der Waals surface area contributed by atoms with E-state index in [9.17, 15) is 9.36 Å². The van der Waals surface area contributed by atoms with Crippen molar-refractivity contribution in [3.05, 3.63) is 0 Å². The van der Waals surface area contributed by atoms with Gasteiger partial charge in [-0.1, -0.05) is 20.8 Å². The van der Waals surface area contributed by atoms with Gasteiger partial charge in [-0.15, -0.1) is 0 Å². The van der Waals surface area contributed by atoms with Crippen LogP contribution in [0.15, 0.2) is 0 Å². The van der Waals surface area contributed by atoms with Crippen molar-refractivity contribution >= 4 is 13.4 Å². The molecule has 5 heteroatoms. The molecule has 1 aliphatic rings. The number of carbonyl (C=O) groups is 1. The Kier molecular flexibility index (Phi) is 4.80. The lowest BCUT2D eigenvalue weighted by Gasteiger charge is -2.35. The minimum atomic E-state index is -3.42. The summed E-state index contributed by atoms with van der Waals surface area (Å²) < 4.78 is 23.8. The minimum Gasteiger partial charge on any atom is -0.308 e. The van der Waals surface area contributed by atoms with Crippen LogP contribution < -0.4 is 0 Å². The van der Waals surface area contributed by atoms with Crippen LogP contribution in [-0.2, 0) is 18.4 Å². The van der Waals surface area contributed by atoms with Gasteiger partial charge in [0.05, 0.1) is 13.2 Å². The predicted molar refractivity (Wildman–Crippen MR) is 71.8 cm³/mol. The molecule has 0 amide bonds. The first kappa shape index (κ1) is 15.9. The smallest absolute Gasteiger partial charge is 0.308 e. The number of carbonyl (C=O) groups excluding carboxylic acids is 1. The van der Waals surface area contributed by atoms with E-state index in [1.165, 1.54) is 0 Å². The van der Waals surface area contributed by atoms with Crippen LogP contribution in [0.4, 0.5) is 0 Å². The van der Waals surface area contributed by atoms with Crippen LogP contribution >= 0.6 is 7.60 Å². The van der Waals surface area contributed by atoms with Crippen molar-refractivity contribution in [2.75, 3.05) is 13.2 Å². The SMILES string of the molecule is CCOP(=O)(OCC)[C@]1(C)C(=O)C(C)[C@@H](C)[C@@H]1C. The Morgan fingerprint density at radius 2 is 1.61 bits per heavy atom. The van der Waals surface area contributed by atoms with Crippen LogP contribution in [0.2, 0.25) is 0 Å². The quantitative estimate of drug-likeness (QED) is 0.721. The molecule has 1 fully saturated rings. The second-order valence-corrected chi connectivity index (χ2v) is 7.72. The molecule has 1 saturated carbocycles. The molecule has 4 nitrogen and oxygen atoms in total. The van der Waals surface area contributed by atoms with Crippen molar-refractivity contribution in [1.82, 2.24) is 0 Å². The maximum absolute atomic E-state index is 13.0. The van der Waals surface area contributed by atoms with E-state index in [0.29, 0.717) is 0 Å². The molecular weight excluding hydrogens is 251 g/mol. The van der Waals surface area contributed by atoms with E-state index < -0.39 is 12.8 Å². The van der Waals surface area contributed by atoms with Crippen molar-refractivity contribution in [3.63, 3.8) is 0 Å². The largest absolute Gasteiger partial charge is 0.344 e. The van der Waals surface area contributed by atoms with Gasteiger partial charge in [-0.2, -0.15) is 0 Å². The number of Topliss-reactive ketones (excluding diaryl/α,β-unsaturated/α-hetero) is 1. The van der Waals surface area contributed by atoms with Gasteiger partial charge in [0.1, 0.15) is 5.16 Å². The average molecular weight is 276 g/mol. The molecule has 0 N–H and O–H groups in total. The highest BCUT2D eigenvalue weighted by atomic mass is 31.2. The lowest BCUT2D eigenvalue weighted by molar-refractivity contribution is -0.123. The molecule has 1 unspecified atom stereocenters. The fourth-order valence-electron chi connectivity index (χ4n) is 2.90. The topological polar surface area (TPSA) is 52.6 Å². The number of rotatable bonds is 5. The van der Waals surface area contributed by atoms with Crippen molar-refractivity contribution < 1.29 is 18.4 Å². The van der Waals surface area contributed by atoms with Gasteiger partial charge in [0.25, 0.3) is 0 Å². The molecule has 0 bridgehead atoms. The molecule has 1 rings (SSSR count). The van der Waals surface area contributed by atoms with Crippen LogP contribution in [0.25, 0.3) is 0 Å². The highest BCUT2D eigenvalue weighted by Gasteiger charge is 2.63. The van der Waals surface area contributed by atoms with Crippen LogP contribution in [0.1, 0.15) is 41.5 Å². The first-order valence-electron chi connectivity index (χ1n) is 6.69. The normalized spacial score (nSPS) is 37.2. The Morgan fingerprint density at radius 1 is 1.17 bits per heavy atom. The summed E-state index contributed by atoms with van der Waals surface area (Å²) in [6.07, 6.45) is 0. The average Bonchev–Trinajstić information content (AvgIpc) is 2.47. The van der Waals surface area contributed by atoms with Crippen molar-refractivity contribution in [2.45, 2.75) is 46.7 Å². The van der Waals surface area contributed by atoms with Gasteiger partial charge in [0, 0.05) is 5.92 Å². The fourth-order valence-corrected chi connectivity index (χ4v) is 5.40. The van der Waals surface area contributed by atoms with Crippen molar-refractivity contribution in [1.29, 1.82) is 0 Å². The Labute approximate surface area is 110 Å². The maximum Gasteiger partial charge on any atom is 0.344 e. The Bertz CT molecular complexity index is 358. The van der Waals surface area contributed by atoms with Gasteiger partial charge in [0.15, 0.2) is 5.78 Å². The van der Waals surface area contributed by atoms with E-state index in [1.807, 2.05) is 20.8 Å². The molecule has 0 aromatic rings. The lowest BCUT2D eigenvalue weighted by Crippen LogP contribution is -2.38. The molecule has 18 heavy (non-hydrogen) atoms. The summed E-state index contributed by atoms with van der Waals surface area (Å²) >= 11 is 0. The van der Waals surface area contributed by atoms with E-state index in [0.717, 1.165) is 0 Å². The molecule has 0 radical (unpaired) electrons. The summed E-state index contributed by atoms with van der Waals surface area (Å²) in [4.78, 5) is 12.5. The molecular formula is C13H25O4P. The Hall–Kier alpha value is -0.180. The zero-order chi connectivity index (χ0) is 14.1. The molecule has 0 aliphatic heterocycles. The van der Waals surface area contributed by atoms with Crippen LogP contribution in [0.3, 0.4) is 0 Å². The monoisotopic (exact) mass is 276 g/mol. The molecule has 1 aliphatic carbocycles. The molecule has 0 aromatic heterocycles. The zero-order valence-corrected chi connectivity index (χ0v) is 13.1. The van der Waals surface area contributed by atoms with Gasteiger partial charge in [-0.25, -0.2) is 0 Å². The van der Waals surface area contributed by atoms with Crippen LogP contribution in [0.5, 0.6) is 0 Å². The van der Waals surface area contributed by atoms with Gasteiger partial charge in [-0.3, -0.25) is 9.36 Å². The summed E-state index contributed by atoms with van der Waals surface area (Å²) in [5.41, 5.74) is 0. The second kappa shape index (κ2) is 5.44. The third-order valence-corrected chi connectivity index (χ3v) is 7.51. The summed E-state index contributed by atoms with van der Waals surface area (Å²) in [5, 5.41) is -1.02.